The summed E-state index contributed by atoms with van der Waals surface area (Å²) in [6.07, 6.45) is 2.32. The van der Waals surface area contributed by atoms with Crippen LogP contribution in [0.5, 0.6) is 0 Å². The second kappa shape index (κ2) is 10.2. The molecule has 4 amide bonds. The Hall–Kier alpha value is -2.89. The molecule has 174 valence electrons. The molecule has 0 atom stereocenters. The summed E-state index contributed by atoms with van der Waals surface area (Å²) in [5, 5.41) is 19.0. The molecule has 0 radical (unpaired) electrons. The van der Waals surface area contributed by atoms with Crippen molar-refractivity contribution in [3.8, 4) is 0 Å². The second-order valence-electron chi connectivity index (χ2n) is 8.11. The van der Waals surface area contributed by atoms with Crippen molar-refractivity contribution in [1.29, 1.82) is 0 Å². The number of benzene rings is 1. The Balaban J connectivity index is 2.02. The molecule has 2 saturated heterocycles. The van der Waals surface area contributed by atoms with Crippen molar-refractivity contribution in [1.82, 2.24) is 20.4 Å². The van der Waals surface area contributed by atoms with Crippen LogP contribution in [-0.2, 0) is 14.3 Å². The molecular formula is C21H30N5O6+. The van der Waals surface area contributed by atoms with Crippen LogP contribution in [0.3, 0.4) is 0 Å². The molecule has 3 rings (SSSR count). The Morgan fingerprint density at radius 3 is 2.22 bits per heavy atom. The van der Waals surface area contributed by atoms with Crippen LogP contribution in [0.15, 0.2) is 24.3 Å². The summed E-state index contributed by atoms with van der Waals surface area (Å²) < 4.78 is 5.52. The molecule has 2 aliphatic heterocycles. The fraction of sp³-hybridized carbons (Fsp3) is 0.571. The highest BCUT2D eigenvalue weighted by Gasteiger charge is 2.65. The second-order valence-corrected chi connectivity index (χ2v) is 8.11. The average molecular weight is 449 g/mol. The number of carbonyl (C=O) groups is 3. The molecule has 0 unspecified atom stereocenters. The van der Waals surface area contributed by atoms with Crippen molar-refractivity contribution in [2.75, 3.05) is 39.4 Å². The molecule has 2 fully saturated rings. The van der Waals surface area contributed by atoms with E-state index in [-0.39, 0.29) is 16.6 Å². The fourth-order valence-electron chi connectivity index (χ4n) is 4.71. The van der Waals surface area contributed by atoms with Gasteiger partial charge < -0.3 is 10.1 Å². The van der Waals surface area contributed by atoms with E-state index in [1.807, 2.05) is 6.92 Å². The van der Waals surface area contributed by atoms with E-state index < -0.39 is 28.3 Å². The lowest BCUT2D eigenvalue weighted by molar-refractivity contribution is -0.384. The number of non-ortho nitro benzene ring substituents is 1. The van der Waals surface area contributed by atoms with Crippen molar-refractivity contribution >= 4 is 29.2 Å². The zero-order valence-corrected chi connectivity index (χ0v) is 18.2. The molecule has 11 nitrogen and oxygen atoms in total. The Bertz CT molecular complexity index is 846. The van der Waals surface area contributed by atoms with E-state index in [1.165, 1.54) is 12.1 Å². The maximum atomic E-state index is 13.4. The Kier molecular flexibility index (Phi) is 7.54. The zero-order valence-electron chi connectivity index (χ0n) is 18.2. The molecule has 0 bridgehead atoms. The van der Waals surface area contributed by atoms with E-state index in [0.29, 0.717) is 57.9 Å². The van der Waals surface area contributed by atoms with Crippen LogP contribution in [0.1, 0.15) is 32.6 Å². The first kappa shape index (κ1) is 23.8. The van der Waals surface area contributed by atoms with Crippen LogP contribution in [-0.4, -0.2) is 67.7 Å². The first-order valence-corrected chi connectivity index (χ1v) is 10.9. The summed E-state index contributed by atoms with van der Waals surface area (Å²) in [4.78, 5) is 49.3. The number of imide groups is 2. The van der Waals surface area contributed by atoms with E-state index in [1.54, 1.807) is 12.1 Å². The third-order valence-corrected chi connectivity index (χ3v) is 6.26. The molecule has 1 aromatic rings. The van der Waals surface area contributed by atoms with E-state index in [2.05, 4.69) is 16.0 Å². The highest BCUT2D eigenvalue weighted by atomic mass is 16.6. The summed E-state index contributed by atoms with van der Waals surface area (Å²) in [7, 11) is 0. The van der Waals surface area contributed by atoms with E-state index in [4.69, 9.17) is 4.74 Å². The number of nitro groups is 1. The number of unbranched alkanes of at least 4 members (excludes halogenated alkanes) is 1. The Morgan fingerprint density at radius 2 is 1.66 bits per heavy atom. The van der Waals surface area contributed by atoms with Gasteiger partial charge in [-0.1, -0.05) is 6.92 Å². The number of nitro benzene ring substituents is 1. The van der Waals surface area contributed by atoms with E-state index >= 15 is 0 Å². The highest BCUT2D eigenvalue weighted by molar-refractivity contribution is 6.23. The maximum absolute atomic E-state index is 13.4. The van der Waals surface area contributed by atoms with Gasteiger partial charge in [-0.15, -0.1) is 0 Å². The molecule has 32 heavy (non-hydrogen) atoms. The van der Waals surface area contributed by atoms with Crippen LogP contribution >= 0.6 is 0 Å². The van der Waals surface area contributed by atoms with Crippen LogP contribution in [0.25, 0.3) is 0 Å². The van der Waals surface area contributed by atoms with Crippen molar-refractivity contribution < 1.29 is 24.0 Å². The molecule has 2 aliphatic rings. The number of amides is 4. The number of ether oxygens (including phenoxy) is 1. The van der Waals surface area contributed by atoms with E-state index in [9.17, 15) is 24.5 Å². The number of carbonyl (C=O) groups excluding carboxylic acids is 3. The minimum Gasteiger partial charge on any atom is -0.381 e. The first-order valence-electron chi connectivity index (χ1n) is 10.9. The number of barbiturate groups is 1. The van der Waals surface area contributed by atoms with Gasteiger partial charge in [0.15, 0.2) is 0 Å². The summed E-state index contributed by atoms with van der Waals surface area (Å²) in [5.74, 6) is -1.28. The molecule has 1 aromatic carbocycles. The van der Waals surface area contributed by atoms with Crippen molar-refractivity contribution in [2.24, 2.45) is 0 Å². The Labute approximate surface area is 186 Å². The number of urea groups is 1. The predicted octanol–water partition coefficient (Wildman–Crippen LogP) is 1.21. The number of nitrogens with one attached hydrogen (secondary N) is 3. The molecule has 0 aromatic heterocycles. The van der Waals surface area contributed by atoms with Gasteiger partial charge in [-0.2, -0.15) is 0 Å². The van der Waals surface area contributed by atoms with Gasteiger partial charge in [0, 0.05) is 57.0 Å². The quantitative estimate of drug-likeness (QED) is 0.161. The molecular weight excluding hydrogens is 418 g/mol. The van der Waals surface area contributed by atoms with Crippen molar-refractivity contribution in [3.63, 3.8) is 0 Å². The summed E-state index contributed by atoms with van der Waals surface area (Å²) in [5.41, 5.74) is -1.02. The molecule has 0 saturated carbocycles. The normalized spacial score (nSPS) is 19.8. The molecule has 0 aliphatic carbocycles. The fourth-order valence-corrected chi connectivity index (χ4v) is 4.71. The topological polar surface area (TPSA) is 140 Å². The monoisotopic (exact) mass is 448 g/mol. The lowest BCUT2D eigenvalue weighted by Crippen LogP contribution is -2.83. The minimum absolute atomic E-state index is 0.0151. The van der Waals surface area contributed by atoms with Crippen LogP contribution < -0.4 is 20.4 Å². The van der Waals surface area contributed by atoms with Gasteiger partial charge in [0.25, 0.3) is 23.0 Å². The number of quaternary nitrogens is 1. The summed E-state index contributed by atoms with van der Waals surface area (Å²) in [6, 6.07) is 5.14. The average Bonchev–Trinajstić information content (AvgIpc) is 2.78. The van der Waals surface area contributed by atoms with Crippen molar-refractivity contribution in [2.45, 2.75) is 38.1 Å². The number of hydrogen-bond donors (Lipinski definition) is 3. The number of nitrogens with zero attached hydrogens (tertiary/aromatic N) is 2. The van der Waals surface area contributed by atoms with Gasteiger partial charge in [0.1, 0.15) is 5.69 Å². The summed E-state index contributed by atoms with van der Waals surface area (Å²) in [6.45, 7) is 5.11. The number of rotatable bonds is 10. The maximum Gasteiger partial charge on any atom is 0.328 e. The van der Waals surface area contributed by atoms with E-state index in [0.717, 1.165) is 6.42 Å². The van der Waals surface area contributed by atoms with Gasteiger partial charge >= 0.3 is 6.03 Å². The third kappa shape index (κ3) is 4.36. The molecule has 0 spiro atoms. The smallest absolute Gasteiger partial charge is 0.328 e. The zero-order chi connectivity index (χ0) is 23.2. The molecule has 11 heteroatoms. The number of hydrogen-bond acceptors (Lipinski definition) is 7. The van der Waals surface area contributed by atoms with Crippen molar-refractivity contribution in [3.05, 3.63) is 34.4 Å². The lowest BCUT2D eigenvalue weighted by atomic mass is 9.82. The standard InChI is InChI=1S/C21H29N5O6/c1-2-14-32-15-4-3-9-21(18(27)23-20(29)24-19(21)28)26(12-10-22-11-13-26)17-7-5-16(6-8-17)25(30)31/h5-8,22H,2-4,9-15H2,1H3,(H-,23,24,27,28,29)/p+1. The lowest BCUT2D eigenvalue weighted by Gasteiger charge is -2.53. The van der Waals surface area contributed by atoms with Crippen LogP contribution in [0.2, 0.25) is 0 Å². The first-order chi connectivity index (χ1) is 15.4. The SMILES string of the molecule is CCCOCCCCC1([N+]2(c3ccc([N+](=O)[O-])cc3)CCNCC2)C(=O)NC(=O)NC1=O. The van der Waals surface area contributed by atoms with Gasteiger partial charge in [-0.05, 0) is 19.3 Å². The van der Waals surface area contributed by atoms with Gasteiger partial charge in [-0.3, -0.25) is 34.8 Å². The highest BCUT2D eigenvalue weighted by Crippen LogP contribution is 2.40. The third-order valence-electron chi connectivity index (χ3n) is 6.26. The molecule has 2 heterocycles. The molecule has 3 N–H and O–H groups in total. The van der Waals surface area contributed by atoms with Gasteiger partial charge in [0.2, 0.25) is 0 Å². The number of piperazine rings is 1. The van der Waals surface area contributed by atoms with Gasteiger partial charge in [0.05, 0.1) is 18.0 Å². The minimum atomic E-state index is -1.57. The Morgan fingerprint density at radius 1 is 1.03 bits per heavy atom. The summed E-state index contributed by atoms with van der Waals surface area (Å²) >= 11 is 0. The predicted molar refractivity (Wildman–Crippen MR) is 117 cm³/mol. The largest absolute Gasteiger partial charge is 0.381 e. The van der Waals surface area contributed by atoms with Crippen LogP contribution in [0.4, 0.5) is 16.2 Å². The van der Waals surface area contributed by atoms with Gasteiger partial charge in [-0.25, -0.2) is 4.79 Å². The van der Waals surface area contributed by atoms with Crippen LogP contribution in [0, 0.1) is 10.1 Å².